The van der Waals surface area contributed by atoms with Crippen LogP contribution >= 0.6 is 0 Å². The molecule has 1 aromatic carbocycles. The van der Waals surface area contributed by atoms with Crippen molar-refractivity contribution in [1.82, 2.24) is 25.4 Å². The fourth-order valence-electron chi connectivity index (χ4n) is 4.23. The number of benzene rings is 1. The molecule has 1 aromatic heterocycles. The third-order valence-corrected chi connectivity index (χ3v) is 5.78. The minimum Gasteiger partial charge on any atom is -0.406 e. The molecule has 1 atom stereocenters. The van der Waals surface area contributed by atoms with E-state index in [0.717, 1.165) is 25.7 Å². The van der Waals surface area contributed by atoms with Crippen molar-refractivity contribution < 1.29 is 27.5 Å². The maximum atomic E-state index is 13.0. The number of piperidine rings is 1. The van der Waals surface area contributed by atoms with Crippen LogP contribution in [0.5, 0.6) is 5.75 Å². The fourth-order valence-corrected chi connectivity index (χ4v) is 4.23. The van der Waals surface area contributed by atoms with Crippen molar-refractivity contribution in [2.45, 2.75) is 50.7 Å². The lowest BCUT2D eigenvalue weighted by Crippen LogP contribution is -2.56. The van der Waals surface area contributed by atoms with Crippen molar-refractivity contribution in [2.75, 3.05) is 20.1 Å². The average molecular weight is 453 g/mol. The van der Waals surface area contributed by atoms with Gasteiger partial charge in [-0.05, 0) is 49.9 Å². The number of aromatic nitrogens is 1. The maximum Gasteiger partial charge on any atom is 0.573 e. The Labute approximate surface area is 183 Å². The van der Waals surface area contributed by atoms with E-state index in [2.05, 4.69) is 20.4 Å². The highest BCUT2D eigenvalue weighted by Gasteiger charge is 2.39. The summed E-state index contributed by atoms with van der Waals surface area (Å²) in [5.74, 6) is -0.294. The van der Waals surface area contributed by atoms with Gasteiger partial charge < -0.3 is 30.2 Å². The molecule has 0 bridgehead atoms. The molecule has 1 aliphatic carbocycles. The van der Waals surface area contributed by atoms with Crippen LogP contribution in [-0.2, 0) is 6.54 Å². The standard InChI is InChI=1S/C21H26F3N5O3/c1-25-19(30)28-8-2-3-16(12-28)29(15-4-5-15)20(31)26-11-14-9-13-10-17(32-21(22,23)24)6-7-18(13)27-14/h6-7,9-10,15-16,27H,2-5,8,11-12H2,1H3,(H,25,30)(H,26,31)/t16-/m1/s1. The van der Waals surface area contributed by atoms with Crippen LogP contribution in [0.15, 0.2) is 24.3 Å². The normalized spacial score (nSPS) is 19.0. The molecule has 2 aliphatic rings. The number of urea groups is 2. The molecule has 1 aliphatic heterocycles. The van der Waals surface area contributed by atoms with Gasteiger partial charge in [-0.25, -0.2) is 9.59 Å². The Hall–Kier alpha value is -3.11. The highest BCUT2D eigenvalue weighted by atomic mass is 19.4. The largest absolute Gasteiger partial charge is 0.573 e. The smallest absolute Gasteiger partial charge is 0.406 e. The summed E-state index contributed by atoms with van der Waals surface area (Å²) in [6, 6.07) is 5.53. The number of carbonyl (C=O) groups is 2. The van der Waals surface area contributed by atoms with Gasteiger partial charge in [-0.2, -0.15) is 0 Å². The molecule has 4 amide bonds. The van der Waals surface area contributed by atoms with Gasteiger partial charge in [0, 0.05) is 42.8 Å². The van der Waals surface area contributed by atoms with Crippen LogP contribution < -0.4 is 15.4 Å². The van der Waals surface area contributed by atoms with Crippen molar-refractivity contribution in [1.29, 1.82) is 0 Å². The first-order valence-corrected chi connectivity index (χ1v) is 10.6. The van der Waals surface area contributed by atoms with Gasteiger partial charge in [0.1, 0.15) is 5.75 Å². The van der Waals surface area contributed by atoms with Crippen LogP contribution in [0.2, 0.25) is 0 Å². The molecule has 11 heteroatoms. The molecule has 174 valence electrons. The highest BCUT2D eigenvalue weighted by Crippen LogP contribution is 2.32. The van der Waals surface area contributed by atoms with Crippen LogP contribution in [0.25, 0.3) is 10.9 Å². The molecular weight excluding hydrogens is 427 g/mol. The zero-order chi connectivity index (χ0) is 22.9. The molecule has 1 saturated heterocycles. The first-order chi connectivity index (χ1) is 15.2. The van der Waals surface area contributed by atoms with Crippen LogP contribution in [0.1, 0.15) is 31.4 Å². The number of ether oxygens (including phenoxy) is 1. The number of carbonyl (C=O) groups excluding carboxylic acids is 2. The molecule has 0 spiro atoms. The van der Waals surface area contributed by atoms with E-state index in [1.165, 1.54) is 18.2 Å². The Kier molecular flexibility index (Phi) is 6.07. The van der Waals surface area contributed by atoms with Gasteiger partial charge in [0.2, 0.25) is 0 Å². The number of fused-ring (bicyclic) bond motifs is 1. The summed E-state index contributed by atoms with van der Waals surface area (Å²) in [6.07, 6.45) is -1.19. The summed E-state index contributed by atoms with van der Waals surface area (Å²) in [5.41, 5.74) is 1.32. The number of likely N-dealkylation sites (tertiary alicyclic amines) is 1. The molecule has 2 aromatic rings. The molecular formula is C21H26F3N5O3. The first kappa shape index (κ1) is 22.1. The third-order valence-electron chi connectivity index (χ3n) is 5.78. The van der Waals surface area contributed by atoms with Crippen LogP contribution in [-0.4, -0.2) is 65.4 Å². The lowest BCUT2D eigenvalue weighted by atomic mass is 10.0. The second kappa shape index (κ2) is 8.79. The van der Waals surface area contributed by atoms with E-state index >= 15 is 0 Å². The van der Waals surface area contributed by atoms with Gasteiger partial charge in [0.05, 0.1) is 12.6 Å². The molecule has 1 saturated carbocycles. The van der Waals surface area contributed by atoms with E-state index in [4.69, 9.17) is 0 Å². The monoisotopic (exact) mass is 453 g/mol. The van der Waals surface area contributed by atoms with Crippen molar-refractivity contribution in [3.63, 3.8) is 0 Å². The topological polar surface area (TPSA) is 89.7 Å². The molecule has 2 heterocycles. The SMILES string of the molecule is CNC(=O)N1CCC[C@@H](N(C(=O)NCc2cc3cc(OC(F)(F)F)ccc3[nH]2)C2CC2)C1. The predicted molar refractivity (Wildman–Crippen MR) is 111 cm³/mol. The molecule has 32 heavy (non-hydrogen) atoms. The van der Waals surface area contributed by atoms with Crippen molar-refractivity contribution in [2.24, 2.45) is 0 Å². The molecule has 4 rings (SSSR count). The Morgan fingerprint density at radius 2 is 2.00 bits per heavy atom. The van der Waals surface area contributed by atoms with Crippen LogP contribution in [0.3, 0.4) is 0 Å². The van der Waals surface area contributed by atoms with Crippen LogP contribution in [0.4, 0.5) is 22.8 Å². The number of H-pyrrole nitrogens is 1. The van der Waals surface area contributed by atoms with Crippen molar-refractivity contribution >= 4 is 23.0 Å². The predicted octanol–water partition coefficient (Wildman–Crippen LogP) is 3.54. The van der Waals surface area contributed by atoms with Gasteiger partial charge >= 0.3 is 18.4 Å². The zero-order valence-corrected chi connectivity index (χ0v) is 17.7. The highest BCUT2D eigenvalue weighted by molar-refractivity contribution is 5.82. The van der Waals surface area contributed by atoms with Gasteiger partial charge in [-0.15, -0.1) is 13.2 Å². The molecule has 2 fully saturated rings. The average Bonchev–Trinajstić information content (AvgIpc) is 3.49. The lowest BCUT2D eigenvalue weighted by molar-refractivity contribution is -0.274. The van der Waals surface area contributed by atoms with E-state index in [1.54, 1.807) is 18.0 Å². The Morgan fingerprint density at radius 3 is 2.69 bits per heavy atom. The fraction of sp³-hybridized carbons (Fsp3) is 0.524. The summed E-state index contributed by atoms with van der Waals surface area (Å²) in [6.45, 7) is 1.38. The van der Waals surface area contributed by atoms with Gasteiger partial charge in [-0.3, -0.25) is 0 Å². The van der Waals surface area contributed by atoms with Gasteiger partial charge in [-0.1, -0.05) is 0 Å². The Balaban J connectivity index is 1.40. The second-order valence-electron chi connectivity index (χ2n) is 8.19. The molecule has 0 unspecified atom stereocenters. The van der Waals surface area contributed by atoms with Gasteiger partial charge in [0.15, 0.2) is 0 Å². The number of hydrogen-bond acceptors (Lipinski definition) is 3. The summed E-state index contributed by atoms with van der Waals surface area (Å²) in [5, 5.41) is 6.11. The number of nitrogens with one attached hydrogen (secondary N) is 3. The number of halogens is 3. The summed E-state index contributed by atoms with van der Waals surface area (Å²) >= 11 is 0. The number of hydrogen-bond donors (Lipinski definition) is 3. The van der Waals surface area contributed by atoms with E-state index in [-0.39, 0.29) is 36.4 Å². The number of nitrogens with zero attached hydrogens (tertiary/aromatic N) is 2. The van der Waals surface area contributed by atoms with Crippen LogP contribution in [0, 0.1) is 0 Å². The summed E-state index contributed by atoms with van der Waals surface area (Å²) in [7, 11) is 1.59. The van der Waals surface area contributed by atoms with E-state index < -0.39 is 6.36 Å². The minimum absolute atomic E-state index is 0.0432. The number of aromatic amines is 1. The third kappa shape index (κ3) is 5.20. The zero-order valence-electron chi connectivity index (χ0n) is 17.7. The first-order valence-electron chi connectivity index (χ1n) is 10.6. The van der Waals surface area contributed by atoms with E-state index in [1.807, 2.05) is 4.90 Å². The molecule has 0 radical (unpaired) electrons. The number of alkyl halides is 3. The van der Waals surface area contributed by atoms with E-state index in [9.17, 15) is 22.8 Å². The number of amides is 4. The lowest BCUT2D eigenvalue weighted by Gasteiger charge is -2.39. The minimum atomic E-state index is -4.75. The van der Waals surface area contributed by atoms with Crippen molar-refractivity contribution in [3.05, 3.63) is 30.0 Å². The second-order valence-corrected chi connectivity index (χ2v) is 8.19. The maximum absolute atomic E-state index is 13.0. The summed E-state index contributed by atoms with van der Waals surface area (Å²) in [4.78, 5) is 31.7. The van der Waals surface area contributed by atoms with E-state index in [0.29, 0.717) is 29.7 Å². The summed E-state index contributed by atoms with van der Waals surface area (Å²) < 4.78 is 41.3. The quantitative estimate of drug-likeness (QED) is 0.647. The van der Waals surface area contributed by atoms with Crippen molar-refractivity contribution in [3.8, 4) is 5.75 Å². The Bertz CT molecular complexity index is 989. The molecule has 3 N–H and O–H groups in total. The Morgan fingerprint density at radius 1 is 1.22 bits per heavy atom. The molecule has 8 nitrogen and oxygen atoms in total. The number of rotatable bonds is 5. The van der Waals surface area contributed by atoms with Gasteiger partial charge in [0.25, 0.3) is 0 Å².